The molecule has 0 bridgehead atoms. The molecule has 9 heteroatoms. The number of benzene rings is 1. The van der Waals surface area contributed by atoms with Crippen molar-refractivity contribution in [3.05, 3.63) is 59.0 Å². The summed E-state index contributed by atoms with van der Waals surface area (Å²) in [5.74, 6) is 0.469. The van der Waals surface area contributed by atoms with Gasteiger partial charge in [0, 0.05) is 42.9 Å². The lowest BCUT2D eigenvalue weighted by Gasteiger charge is -2.09. The second-order valence-electron chi connectivity index (χ2n) is 7.11. The van der Waals surface area contributed by atoms with Gasteiger partial charge in [-0.15, -0.1) is 0 Å². The van der Waals surface area contributed by atoms with E-state index >= 15 is 0 Å². The average Bonchev–Trinajstić information content (AvgIpc) is 3.43. The molecule has 0 amide bonds. The van der Waals surface area contributed by atoms with Crippen LogP contribution in [0.25, 0.3) is 28.5 Å². The second-order valence-corrected chi connectivity index (χ2v) is 7.55. The first-order valence-electron chi connectivity index (χ1n) is 9.54. The smallest absolute Gasteiger partial charge is 0.247 e. The van der Waals surface area contributed by atoms with Crippen LogP contribution in [0.3, 0.4) is 0 Å². The van der Waals surface area contributed by atoms with E-state index in [1.165, 1.54) is 0 Å². The van der Waals surface area contributed by atoms with Crippen molar-refractivity contribution < 1.29 is 13.9 Å². The van der Waals surface area contributed by atoms with Gasteiger partial charge in [0.05, 0.1) is 36.9 Å². The molecule has 0 fully saturated rings. The van der Waals surface area contributed by atoms with Crippen LogP contribution in [-0.2, 0) is 29.5 Å². The molecule has 0 spiro atoms. The van der Waals surface area contributed by atoms with Crippen molar-refractivity contribution >= 4 is 11.6 Å². The van der Waals surface area contributed by atoms with Gasteiger partial charge in [-0.2, -0.15) is 5.10 Å². The Morgan fingerprint density at radius 2 is 2.13 bits per heavy atom. The highest BCUT2D eigenvalue weighted by molar-refractivity contribution is 6.31. The molecule has 0 N–H and O–H groups in total. The quantitative estimate of drug-likeness (QED) is 0.386. The summed E-state index contributed by atoms with van der Waals surface area (Å²) in [6.45, 7) is 1.40. The van der Waals surface area contributed by atoms with Crippen LogP contribution in [0.2, 0.25) is 5.02 Å². The molecule has 0 atom stereocenters. The van der Waals surface area contributed by atoms with Crippen molar-refractivity contribution in [3.63, 3.8) is 0 Å². The summed E-state index contributed by atoms with van der Waals surface area (Å²) >= 11 is 6.29. The van der Waals surface area contributed by atoms with Crippen LogP contribution in [-0.4, -0.2) is 44.6 Å². The molecule has 8 nitrogen and oxygen atoms in total. The van der Waals surface area contributed by atoms with Gasteiger partial charge in [0.25, 0.3) is 0 Å². The molecule has 1 aliphatic heterocycles. The molecule has 1 aliphatic rings. The Bertz CT molecular complexity index is 1210. The van der Waals surface area contributed by atoms with Gasteiger partial charge in [0.15, 0.2) is 0 Å². The van der Waals surface area contributed by atoms with E-state index in [0.29, 0.717) is 48.5 Å². The van der Waals surface area contributed by atoms with E-state index in [9.17, 15) is 0 Å². The number of fused-ring (bicyclic) bond motifs is 5. The minimum atomic E-state index is 0.358. The highest BCUT2D eigenvalue weighted by Gasteiger charge is 2.27. The van der Waals surface area contributed by atoms with E-state index < -0.39 is 0 Å². The molecule has 154 valence electrons. The fraction of sp³-hybridized carbons (Fsp3) is 0.286. The lowest BCUT2D eigenvalue weighted by atomic mass is 10.0. The zero-order valence-corrected chi connectivity index (χ0v) is 17.4. The summed E-state index contributed by atoms with van der Waals surface area (Å²) in [5, 5.41) is 5.34. The van der Waals surface area contributed by atoms with Crippen LogP contribution in [0, 0.1) is 0 Å². The summed E-state index contributed by atoms with van der Waals surface area (Å²) in [5.41, 5.74) is 6.36. The third-order valence-electron chi connectivity index (χ3n) is 5.04. The van der Waals surface area contributed by atoms with Crippen LogP contribution in [0.4, 0.5) is 0 Å². The molecule has 0 aliphatic carbocycles. The zero-order valence-electron chi connectivity index (χ0n) is 16.6. The van der Waals surface area contributed by atoms with E-state index in [0.717, 1.165) is 28.2 Å². The minimum absolute atomic E-state index is 0.358. The third-order valence-corrected chi connectivity index (χ3v) is 5.27. The molecular formula is C21H20ClN5O3. The first-order chi connectivity index (χ1) is 14.6. The van der Waals surface area contributed by atoms with Crippen LogP contribution in [0.5, 0.6) is 0 Å². The van der Waals surface area contributed by atoms with Crippen LogP contribution < -0.4 is 0 Å². The van der Waals surface area contributed by atoms with Crippen LogP contribution >= 0.6 is 11.6 Å². The normalized spacial score (nSPS) is 12.4. The van der Waals surface area contributed by atoms with Gasteiger partial charge in [0.1, 0.15) is 24.0 Å². The monoisotopic (exact) mass is 425 g/mol. The molecule has 4 heterocycles. The van der Waals surface area contributed by atoms with Crippen molar-refractivity contribution in [3.8, 4) is 28.5 Å². The first-order valence-corrected chi connectivity index (χ1v) is 9.92. The first kappa shape index (κ1) is 19.0. The number of nitrogens with zero attached hydrogens (tertiary/aromatic N) is 5. The Balaban J connectivity index is 1.55. The number of ether oxygens (including phenoxy) is 2. The summed E-state index contributed by atoms with van der Waals surface area (Å²) < 4.78 is 20.1. The minimum Gasteiger partial charge on any atom is -0.443 e. The largest absolute Gasteiger partial charge is 0.443 e. The Labute approximate surface area is 178 Å². The number of imidazole rings is 1. The molecule has 0 saturated carbocycles. The lowest BCUT2D eigenvalue weighted by Crippen LogP contribution is -2.02. The van der Waals surface area contributed by atoms with Gasteiger partial charge in [-0.25, -0.2) is 9.97 Å². The number of oxazole rings is 1. The number of halogens is 1. The van der Waals surface area contributed by atoms with Crippen molar-refractivity contribution in [1.29, 1.82) is 0 Å². The van der Waals surface area contributed by atoms with Crippen molar-refractivity contribution in [2.24, 2.45) is 7.05 Å². The summed E-state index contributed by atoms with van der Waals surface area (Å²) in [6, 6.07) is 5.80. The number of methoxy groups -OCH3 is 1. The topological polar surface area (TPSA) is 80.1 Å². The molecule has 4 aromatic rings. The molecule has 30 heavy (non-hydrogen) atoms. The molecular weight excluding hydrogens is 406 g/mol. The highest BCUT2D eigenvalue weighted by Crippen LogP contribution is 2.38. The van der Waals surface area contributed by atoms with E-state index in [1.807, 2.05) is 36.1 Å². The molecule has 1 aromatic carbocycles. The molecule has 0 radical (unpaired) electrons. The average molecular weight is 426 g/mol. The fourth-order valence-electron chi connectivity index (χ4n) is 3.71. The van der Waals surface area contributed by atoms with Crippen LogP contribution in [0.1, 0.15) is 17.0 Å². The van der Waals surface area contributed by atoms with Gasteiger partial charge in [0.2, 0.25) is 5.89 Å². The van der Waals surface area contributed by atoms with E-state index in [4.69, 9.17) is 25.5 Å². The van der Waals surface area contributed by atoms with E-state index in [2.05, 4.69) is 19.6 Å². The van der Waals surface area contributed by atoms with Gasteiger partial charge in [-0.3, -0.25) is 4.68 Å². The molecule has 3 aromatic heterocycles. The fourth-order valence-corrected chi connectivity index (χ4v) is 3.88. The number of hydrogen-bond donors (Lipinski definition) is 0. The number of hydrogen-bond acceptors (Lipinski definition) is 6. The van der Waals surface area contributed by atoms with Gasteiger partial charge in [-0.05, 0) is 18.2 Å². The number of aryl methyl sites for hydroxylation is 1. The third kappa shape index (κ3) is 3.32. The predicted molar refractivity (Wildman–Crippen MR) is 111 cm³/mol. The maximum Gasteiger partial charge on any atom is 0.247 e. The van der Waals surface area contributed by atoms with Gasteiger partial charge >= 0.3 is 0 Å². The lowest BCUT2D eigenvalue weighted by molar-refractivity contribution is 0.0602. The SMILES string of the molecule is COCCOCc1coc(-c2ncn3c2Cc2cn(C)nc2-c2cc(Cl)ccc2-3)n1. The van der Waals surface area contributed by atoms with E-state index in [-0.39, 0.29) is 0 Å². The standard InChI is InChI=1S/C21H20ClN5O3/c1-26-9-13-7-18-20(21-24-15(11-30-21)10-29-6-5-28-2)23-12-27(18)17-4-3-14(22)8-16(17)19(13)25-26/h3-4,8-9,11-12H,5-7,10H2,1-2H3. The van der Waals surface area contributed by atoms with Crippen molar-refractivity contribution in [2.75, 3.05) is 20.3 Å². The predicted octanol–water partition coefficient (Wildman–Crippen LogP) is 3.65. The van der Waals surface area contributed by atoms with Crippen LogP contribution in [0.15, 0.2) is 41.4 Å². The Morgan fingerprint density at radius 1 is 1.23 bits per heavy atom. The molecule has 0 unspecified atom stereocenters. The number of rotatable bonds is 6. The maximum absolute atomic E-state index is 6.29. The van der Waals surface area contributed by atoms with Gasteiger partial charge < -0.3 is 18.5 Å². The second kappa shape index (κ2) is 7.71. The Kier molecular flexibility index (Phi) is 4.90. The Hall–Kier alpha value is -2.94. The maximum atomic E-state index is 6.29. The molecule has 5 rings (SSSR count). The number of aromatic nitrogens is 5. The summed E-state index contributed by atoms with van der Waals surface area (Å²) in [7, 11) is 3.56. The highest BCUT2D eigenvalue weighted by atomic mass is 35.5. The molecule has 0 saturated heterocycles. The summed E-state index contributed by atoms with van der Waals surface area (Å²) in [4.78, 5) is 9.19. The zero-order chi connectivity index (χ0) is 20.7. The van der Waals surface area contributed by atoms with Crippen molar-refractivity contribution in [2.45, 2.75) is 13.0 Å². The van der Waals surface area contributed by atoms with Gasteiger partial charge in [-0.1, -0.05) is 11.6 Å². The Morgan fingerprint density at radius 3 is 3.00 bits per heavy atom. The summed E-state index contributed by atoms with van der Waals surface area (Å²) in [6.07, 6.45) is 6.07. The van der Waals surface area contributed by atoms with E-state index in [1.54, 1.807) is 19.7 Å². The van der Waals surface area contributed by atoms with Crippen molar-refractivity contribution in [1.82, 2.24) is 24.3 Å².